The number of hydrogen-bond donors (Lipinski definition) is 0. The van der Waals surface area contributed by atoms with Crippen molar-refractivity contribution in [1.82, 2.24) is 0 Å². The number of hydrogen-bond acceptors (Lipinski definition) is 3. The number of nitrogens with zero attached hydrogens (tertiary/aromatic N) is 1. The van der Waals surface area contributed by atoms with Crippen molar-refractivity contribution in [1.29, 1.82) is 5.26 Å². The fourth-order valence-corrected chi connectivity index (χ4v) is 2.03. The van der Waals surface area contributed by atoms with Crippen molar-refractivity contribution in [2.45, 2.75) is 6.42 Å². The van der Waals surface area contributed by atoms with Crippen LogP contribution in [0.15, 0.2) is 42.5 Å². The largest absolute Gasteiger partial charge is 0.493 e. The van der Waals surface area contributed by atoms with Gasteiger partial charge < -0.3 is 9.47 Å². The van der Waals surface area contributed by atoms with Gasteiger partial charge in [-0.25, -0.2) is 0 Å². The van der Waals surface area contributed by atoms with Crippen LogP contribution < -0.4 is 9.47 Å². The standard InChI is InChI=1S/C16H13Cl2NO2/c17-14-6-2-7-15(16(14)18)21-9-3-8-20-13-5-1-4-12(10-13)11-19/h1-2,4-7,10H,3,8-9H2. The Hall–Kier alpha value is -1.89. The predicted molar refractivity (Wildman–Crippen MR) is 83.2 cm³/mol. The smallest absolute Gasteiger partial charge is 0.139 e. The van der Waals surface area contributed by atoms with E-state index in [0.717, 1.165) is 0 Å². The summed E-state index contributed by atoms with van der Waals surface area (Å²) < 4.78 is 11.1. The van der Waals surface area contributed by atoms with Crippen LogP contribution >= 0.6 is 23.2 Å². The summed E-state index contributed by atoms with van der Waals surface area (Å²) in [7, 11) is 0. The molecule has 21 heavy (non-hydrogen) atoms. The van der Waals surface area contributed by atoms with Gasteiger partial charge in [0.25, 0.3) is 0 Å². The van der Waals surface area contributed by atoms with E-state index >= 15 is 0 Å². The molecule has 0 aliphatic rings. The minimum atomic E-state index is 0.418. The molecule has 0 saturated heterocycles. The molecule has 2 rings (SSSR count). The molecule has 0 saturated carbocycles. The molecule has 0 aliphatic heterocycles. The highest BCUT2D eigenvalue weighted by Gasteiger charge is 2.05. The SMILES string of the molecule is N#Cc1cccc(OCCCOc2cccc(Cl)c2Cl)c1. The van der Waals surface area contributed by atoms with E-state index in [-0.39, 0.29) is 0 Å². The Morgan fingerprint density at radius 1 is 1.00 bits per heavy atom. The van der Waals surface area contributed by atoms with Crippen molar-refractivity contribution in [3.8, 4) is 17.6 Å². The monoisotopic (exact) mass is 321 g/mol. The van der Waals surface area contributed by atoms with Crippen molar-refractivity contribution in [2.24, 2.45) is 0 Å². The highest BCUT2D eigenvalue weighted by atomic mass is 35.5. The molecule has 108 valence electrons. The van der Waals surface area contributed by atoms with Gasteiger partial charge in [0.15, 0.2) is 0 Å². The summed E-state index contributed by atoms with van der Waals surface area (Å²) in [5.74, 6) is 1.24. The summed E-state index contributed by atoms with van der Waals surface area (Å²) in [6.07, 6.45) is 0.694. The maximum absolute atomic E-state index is 8.80. The fourth-order valence-electron chi connectivity index (χ4n) is 1.68. The molecule has 0 spiro atoms. The summed E-state index contributed by atoms with van der Waals surface area (Å²) in [5.41, 5.74) is 0.578. The molecule has 0 radical (unpaired) electrons. The van der Waals surface area contributed by atoms with Crippen LogP contribution in [-0.4, -0.2) is 13.2 Å². The molecular formula is C16H13Cl2NO2. The van der Waals surface area contributed by atoms with E-state index in [1.807, 2.05) is 6.07 Å². The molecule has 0 heterocycles. The topological polar surface area (TPSA) is 42.2 Å². The summed E-state index contributed by atoms with van der Waals surface area (Å²) in [6.45, 7) is 0.963. The Balaban J connectivity index is 1.75. The molecule has 0 N–H and O–H groups in total. The summed E-state index contributed by atoms with van der Waals surface area (Å²) in [4.78, 5) is 0. The van der Waals surface area contributed by atoms with Crippen LogP contribution in [0.2, 0.25) is 10.0 Å². The second-order valence-corrected chi connectivity index (χ2v) is 5.03. The molecule has 0 amide bonds. The van der Waals surface area contributed by atoms with E-state index in [1.54, 1.807) is 36.4 Å². The van der Waals surface area contributed by atoms with E-state index in [9.17, 15) is 0 Å². The minimum Gasteiger partial charge on any atom is -0.493 e. The normalized spacial score (nSPS) is 9.95. The van der Waals surface area contributed by atoms with Crippen LogP contribution in [-0.2, 0) is 0 Å². The van der Waals surface area contributed by atoms with Gasteiger partial charge in [0.05, 0.1) is 29.9 Å². The van der Waals surface area contributed by atoms with Gasteiger partial charge in [0, 0.05) is 6.42 Å². The average Bonchev–Trinajstić information content (AvgIpc) is 2.51. The third-order valence-electron chi connectivity index (χ3n) is 2.69. The molecule has 0 bridgehead atoms. The van der Waals surface area contributed by atoms with Crippen molar-refractivity contribution in [2.75, 3.05) is 13.2 Å². The van der Waals surface area contributed by atoms with Crippen LogP contribution in [0.4, 0.5) is 0 Å². The third-order valence-corrected chi connectivity index (χ3v) is 3.50. The maximum Gasteiger partial charge on any atom is 0.139 e. The lowest BCUT2D eigenvalue weighted by atomic mass is 10.2. The van der Waals surface area contributed by atoms with Gasteiger partial charge in [-0.3, -0.25) is 0 Å². The summed E-state index contributed by atoms with van der Waals surface area (Å²) >= 11 is 11.9. The summed E-state index contributed by atoms with van der Waals surface area (Å²) in [5, 5.41) is 9.69. The van der Waals surface area contributed by atoms with Crippen molar-refractivity contribution >= 4 is 23.2 Å². The number of ether oxygens (including phenoxy) is 2. The zero-order valence-corrected chi connectivity index (χ0v) is 12.7. The van der Waals surface area contributed by atoms with Crippen molar-refractivity contribution < 1.29 is 9.47 Å². The Morgan fingerprint density at radius 2 is 1.76 bits per heavy atom. The minimum absolute atomic E-state index is 0.418. The third kappa shape index (κ3) is 4.56. The van der Waals surface area contributed by atoms with Gasteiger partial charge in [-0.1, -0.05) is 35.3 Å². The molecule has 0 aliphatic carbocycles. The van der Waals surface area contributed by atoms with Crippen LogP contribution in [0.3, 0.4) is 0 Å². The molecular weight excluding hydrogens is 309 g/mol. The molecule has 0 aromatic heterocycles. The van der Waals surface area contributed by atoms with E-state index in [0.29, 0.717) is 46.7 Å². The Morgan fingerprint density at radius 3 is 2.57 bits per heavy atom. The molecule has 0 unspecified atom stereocenters. The van der Waals surface area contributed by atoms with Crippen molar-refractivity contribution in [3.63, 3.8) is 0 Å². The number of halogens is 2. The quantitative estimate of drug-likeness (QED) is 0.723. The lowest BCUT2D eigenvalue weighted by molar-refractivity contribution is 0.247. The molecule has 0 fully saturated rings. The number of nitriles is 1. The highest BCUT2D eigenvalue weighted by molar-refractivity contribution is 6.42. The van der Waals surface area contributed by atoms with Gasteiger partial charge in [-0.2, -0.15) is 5.26 Å². The molecule has 0 atom stereocenters. The predicted octanol–water partition coefficient (Wildman–Crippen LogP) is 4.71. The first kappa shape index (κ1) is 15.5. The van der Waals surface area contributed by atoms with Crippen LogP contribution in [0.1, 0.15) is 12.0 Å². The van der Waals surface area contributed by atoms with Gasteiger partial charge in [0.1, 0.15) is 16.5 Å². The number of benzene rings is 2. The van der Waals surface area contributed by atoms with Crippen LogP contribution in [0.25, 0.3) is 0 Å². The molecule has 5 heteroatoms. The second-order valence-electron chi connectivity index (χ2n) is 4.24. The van der Waals surface area contributed by atoms with E-state index < -0.39 is 0 Å². The zero-order valence-electron chi connectivity index (χ0n) is 11.2. The van der Waals surface area contributed by atoms with Gasteiger partial charge in [-0.15, -0.1) is 0 Å². The zero-order chi connectivity index (χ0) is 15.1. The van der Waals surface area contributed by atoms with Crippen LogP contribution in [0, 0.1) is 11.3 Å². The first-order valence-corrected chi connectivity index (χ1v) is 7.16. The molecule has 2 aromatic carbocycles. The van der Waals surface area contributed by atoms with Gasteiger partial charge >= 0.3 is 0 Å². The Labute approximate surface area is 133 Å². The maximum atomic E-state index is 8.80. The first-order valence-electron chi connectivity index (χ1n) is 6.40. The highest BCUT2D eigenvalue weighted by Crippen LogP contribution is 2.31. The molecule has 2 aromatic rings. The van der Waals surface area contributed by atoms with E-state index in [2.05, 4.69) is 6.07 Å². The Bertz CT molecular complexity index is 653. The van der Waals surface area contributed by atoms with Gasteiger partial charge in [-0.05, 0) is 30.3 Å². The summed E-state index contributed by atoms with van der Waals surface area (Å²) in [6, 6.07) is 14.4. The number of rotatable bonds is 6. The average molecular weight is 322 g/mol. The Kier molecular flexibility index (Phi) is 5.74. The van der Waals surface area contributed by atoms with Crippen LogP contribution in [0.5, 0.6) is 11.5 Å². The van der Waals surface area contributed by atoms with E-state index in [1.165, 1.54) is 0 Å². The lowest BCUT2D eigenvalue weighted by Crippen LogP contribution is -2.05. The van der Waals surface area contributed by atoms with E-state index in [4.69, 9.17) is 37.9 Å². The first-order chi connectivity index (χ1) is 10.2. The molecule has 3 nitrogen and oxygen atoms in total. The second kappa shape index (κ2) is 7.78. The van der Waals surface area contributed by atoms with Gasteiger partial charge in [0.2, 0.25) is 0 Å². The lowest BCUT2D eigenvalue weighted by Gasteiger charge is -2.09. The van der Waals surface area contributed by atoms with Crippen molar-refractivity contribution in [3.05, 3.63) is 58.1 Å². The fraction of sp³-hybridized carbons (Fsp3) is 0.188.